The third-order valence-electron chi connectivity index (χ3n) is 9.20. The number of rotatable bonds is 7. The summed E-state index contributed by atoms with van der Waals surface area (Å²) in [6.45, 7) is 0.116. The minimum Gasteiger partial charge on any atom is -0.376 e. The molecule has 0 spiro atoms. The maximum absolute atomic E-state index is 12.8. The Balaban J connectivity index is 1.03. The highest BCUT2D eigenvalue weighted by Crippen LogP contribution is 2.36. The molecule has 1 aliphatic rings. The van der Waals surface area contributed by atoms with Gasteiger partial charge in [-0.05, 0) is 71.5 Å². The zero-order valence-corrected chi connectivity index (χ0v) is 29.2. The SMILES string of the molecule is CN(C)c1cc(-c2cccc3cc(-c4ccc(C(=O)NCC#Cc5cccc(NC6CCC(=O)NC6=O)c5)nc4)ncc23)cc2c1n(C)c(=O)n2C. The van der Waals surface area contributed by atoms with Gasteiger partial charge in [0.15, 0.2) is 0 Å². The van der Waals surface area contributed by atoms with Crippen LogP contribution in [0.3, 0.4) is 0 Å². The fraction of sp³-hybridized carbons (Fsp3) is 0.200. The van der Waals surface area contributed by atoms with Gasteiger partial charge in [-0.25, -0.2) is 4.79 Å². The zero-order valence-electron chi connectivity index (χ0n) is 29.2. The topological polar surface area (TPSA) is 143 Å². The van der Waals surface area contributed by atoms with E-state index in [2.05, 4.69) is 44.9 Å². The number of benzene rings is 3. The Hall–Kier alpha value is -6.74. The minimum absolute atomic E-state index is 0.0775. The summed E-state index contributed by atoms with van der Waals surface area (Å²) < 4.78 is 3.35. The standard InChI is InChI=1S/C40H36N8O4/c1-46(2)34-20-27(21-35-37(34)48(4)40(52)47(35)3)29-12-6-10-25-19-33(43-23-30(25)29)26-13-14-31(42-22-26)38(50)41-17-7-9-24-8-5-11-28(18-24)44-32-15-16-36(49)45-39(32)51/h5-6,8,10-14,18-23,32,44H,15-17H2,1-4H3,(H,41,50)(H,45,49,51). The van der Waals surface area contributed by atoms with Crippen molar-refractivity contribution in [2.45, 2.75) is 18.9 Å². The maximum Gasteiger partial charge on any atom is 0.328 e. The van der Waals surface area contributed by atoms with Gasteiger partial charge < -0.3 is 15.5 Å². The van der Waals surface area contributed by atoms with Crippen LogP contribution in [0.4, 0.5) is 11.4 Å². The normalized spacial score (nSPS) is 14.1. The fourth-order valence-corrected chi connectivity index (χ4v) is 6.47. The first-order chi connectivity index (χ1) is 25.1. The largest absolute Gasteiger partial charge is 0.376 e. The number of carbonyl (C=O) groups excluding carboxylic acids is 3. The van der Waals surface area contributed by atoms with E-state index in [9.17, 15) is 19.2 Å². The van der Waals surface area contributed by atoms with E-state index in [-0.39, 0.29) is 35.6 Å². The molecular formula is C40H36N8O4. The highest BCUT2D eigenvalue weighted by Gasteiger charge is 2.26. The molecule has 260 valence electrons. The van der Waals surface area contributed by atoms with E-state index in [0.717, 1.165) is 49.9 Å². The van der Waals surface area contributed by atoms with E-state index in [1.54, 1.807) is 35.5 Å². The number of pyridine rings is 2. The Morgan fingerprint density at radius 3 is 2.54 bits per heavy atom. The summed E-state index contributed by atoms with van der Waals surface area (Å²) in [5.74, 6) is 5.02. The Morgan fingerprint density at radius 1 is 0.942 bits per heavy atom. The third kappa shape index (κ3) is 6.59. The minimum atomic E-state index is -0.485. The van der Waals surface area contributed by atoms with Crippen LogP contribution >= 0.6 is 0 Å². The molecule has 3 N–H and O–H groups in total. The van der Waals surface area contributed by atoms with E-state index in [0.29, 0.717) is 24.1 Å². The molecule has 3 aromatic heterocycles. The van der Waals surface area contributed by atoms with Crippen LogP contribution in [0.15, 0.2) is 90.0 Å². The molecule has 12 heteroatoms. The van der Waals surface area contributed by atoms with Gasteiger partial charge in [0.1, 0.15) is 11.7 Å². The first-order valence-electron chi connectivity index (χ1n) is 16.8. The number of carbonyl (C=O) groups is 3. The molecule has 1 aliphatic heterocycles. The summed E-state index contributed by atoms with van der Waals surface area (Å²) in [5, 5.41) is 10.2. The molecule has 1 fully saturated rings. The van der Waals surface area contributed by atoms with Crippen LogP contribution in [0.2, 0.25) is 0 Å². The Labute approximate surface area is 299 Å². The van der Waals surface area contributed by atoms with Gasteiger partial charge in [-0.2, -0.15) is 0 Å². The molecule has 1 atom stereocenters. The first kappa shape index (κ1) is 33.7. The number of hydrogen-bond donors (Lipinski definition) is 3. The van der Waals surface area contributed by atoms with Gasteiger partial charge in [-0.3, -0.25) is 38.8 Å². The summed E-state index contributed by atoms with van der Waals surface area (Å²) >= 11 is 0. The Morgan fingerprint density at radius 2 is 1.77 bits per heavy atom. The van der Waals surface area contributed by atoms with Crippen LogP contribution in [0, 0.1) is 11.8 Å². The quantitative estimate of drug-likeness (QED) is 0.167. The van der Waals surface area contributed by atoms with Crippen LogP contribution in [-0.4, -0.2) is 63.5 Å². The van der Waals surface area contributed by atoms with Crippen LogP contribution in [0.25, 0.3) is 44.2 Å². The summed E-state index contributed by atoms with van der Waals surface area (Å²) in [6, 6.07) is 22.6. The number of imide groups is 1. The molecule has 3 aromatic carbocycles. The van der Waals surface area contributed by atoms with Gasteiger partial charge in [-0.15, -0.1) is 0 Å². The molecule has 1 unspecified atom stereocenters. The number of nitrogens with one attached hydrogen (secondary N) is 3. The molecule has 0 saturated carbocycles. The van der Waals surface area contributed by atoms with E-state index in [1.807, 2.05) is 79.8 Å². The van der Waals surface area contributed by atoms with Gasteiger partial charge in [0.05, 0.1) is 29.0 Å². The average Bonchev–Trinajstić information content (AvgIpc) is 3.37. The van der Waals surface area contributed by atoms with E-state index in [4.69, 9.17) is 4.98 Å². The van der Waals surface area contributed by atoms with Crippen LogP contribution in [0.5, 0.6) is 0 Å². The van der Waals surface area contributed by atoms with Crippen molar-refractivity contribution in [3.63, 3.8) is 0 Å². The Bertz CT molecular complexity index is 2520. The highest BCUT2D eigenvalue weighted by molar-refractivity contribution is 6.02. The number of fused-ring (bicyclic) bond motifs is 2. The highest BCUT2D eigenvalue weighted by atomic mass is 16.2. The number of nitrogens with zero attached hydrogens (tertiary/aromatic N) is 5. The number of amides is 3. The van der Waals surface area contributed by atoms with Gasteiger partial charge >= 0.3 is 5.69 Å². The molecule has 4 heterocycles. The lowest BCUT2D eigenvalue weighted by Crippen LogP contribution is -2.47. The second-order valence-electron chi connectivity index (χ2n) is 12.9. The van der Waals surface area contributed by atoms with Crippen molar-refractivity contribution >= 4 is 50.9 Å². The van der Waals surface area contributed by atoms with Gasteiger partial charge in [0.2, 0.25) is 11.8 Å². The van der Waals surface area contributed by atoms with Crippen molar-refractivity contribution < 1.29 is 14.4 Å². The van der Waals surface area contributed by atoms with Crippen LogP contribution < -0.4 is 26.5 Å². The first-order valence-corrected chi connectivity index (χ1v) is 16.8. The van der Waals surface area contributed by atoms with Crippen LogP contribution in [-0.2, 0) is 23.7 Å². The number of anilines is 2. The lowest BCUT2D eigenvalue weighted by molar-refractivity contribution is -0.133. The molecule has 0 radical (unpaired) electrons. The lowest BCUT2D eigenvalue weighted by Gasteiger charge is -2.22. The smallest absolute Gasteiger partial charge is 0.328 e. The van der Waals surface area contributed by atoms with Crippen molar-refractivity contribution in [1.82, 2.24) is 29.7 Å². The van der Waals surface area contributed by atoms with E-state index >= 15 is 0 Å². The zero-order chi connectivity index (χ0) is 36.5. The molecule has 6 aromatic rings. The van der Waals surface area contributed by atoms with Crippen molar-refractivity contribution in [1.29, 1.82) is 0 Å². The molecule has 12 nitrogen and oxygen atoms in total. The Kier molecular flexibility index (Phi) is 9.00. The van der Waals surface area contributed by atoms with Gasteiger partial charge in [0.25, 0.3) is 5.91 Å². The van der Waals surface area contributed by atoms with Gasteiger partial charge in [0, 0.05) is 69.2 Å². The predicted octanol–water partition coefficient (Wildman–Crippen LogP) is 4.22. The summed E-state index contributed by atoms with van der Waals surface area (Å²) in [6.07, 6.45) is 4.20. The molecule has 52 heavy (non-hydrogen) atoms. The van der Waals surface area contributed by atoms with Crippen molar-refractivity contribution in [3.8, 4) is 34.2 Å². The average molecular weight is 693 g/mol. The third-order valence-corrected chi connectivity index (χ3v) is 9.20. The van der Waals surface area contributed by atoms with Crippen LogP contribution in [0.1, 0.15) is 28.9 Å². The number of aromatic nitrogens is 4. The number of hydrogen-bond acceptors (Lipinski definition) is 8. The van der Waals surface area contributed by atoms with Crippen molar-refractivity contribution in [2.75, 3.05) is 30.9 Å². The summed E-state index contributed by atoms with van der Waals surface area (Å²) in [7, 11) is 7.52. The predicted molar refractivity (Wildman–Crippen MR) is 202 cm³/mol. The van der Waals surface area contributed by atoms with Crippen molar-refractivity contribution in [3.05, 3.63) is 107 Å². The summed E-state index contributed by atoms with van der Waals surface area (Å²) in [5.41, 5.74) is 7.76. The van der Waals surface area contributed by atoms with E-state index in [1.165, 1.54) is 0 Å². The number of piperidine rings is 1. The summed E-state index contributed by atoms with van der Waals surface area (Å²) in [4.78, 5) is 60.2. The number of imidazole rings is 1. The second-order valence-corrected chi connectivity index (χ2v) is 12.9. The molecule has 3 amide bonds. The fourth-order valence-electron chi connectivity index (χ4n) is 6.47. The van der Waals surface area contributed by atoms with Crippen molar-refractivity contribution in [2.24, 2.45) is 14.1 Å². The molecular weight excluding hydrogens is 656 g/mol. The molecule has 7 rings (SSSR count). The number of aryl methyl sites for hydroxylation is 2. The maximum atomic E-state index is 12.8. The van der Waals surface area contributed by atoms with Gasteiger partial charge in [-0.1, -0.05) is 36.1 Å². The molecule has 1 saturated heterocycles. The molecule has 0 aliphatic carbocycles. The monoisotopic (exact) mass is 692 g/mol. The lowest BCUT2D eigenvalue weighted by atomic mass is 9.97. The van der Waals surface area contributed by atoms with E-state index < -0.39 is 6.04 Å². The second kappa shape index (κ2) is 13.9. The molecule has 0 bridgehead atoms.